The third kappa shape index (κ3) is 2.21. The van der Waals surface area contributed by atoms with Crippen molar-refractivity contribution in [2.24, 2.45) is 0 Å². The minimum atomic E-state index is -0.360. The second-order valence-electron chi connectivity index (χ2n) is 3.94. The first kappa shape index (κ1) is 12.6. The molecule has 0 aliphatic carbocycles. The third-order valence-corrected chi connectivity index (χ3v) is 3.07. The van der Waals surface area contributed by atoms with E-state index in [-0.39, 0.29) is 18.1 Å². The number of nitrogens with zero attached hydrogens (tertiary/aromatic N) is 3. The molecule has 1 saturated heterocycles. The number of carbonyl (C=O) groups excluding carboxylic acids is 1. The molecule has 1 rings (SSSR count). The van der Waals surface area contributed by atoms with Crippen molar-refractivity contribution in [2.45, 2.75) is 25.9 Å². The number of hydrogen-bond acceptors (Lipinski definition) is 4. The Kier molecular flexibility index (Phi) is 4.00. The van der Waals surface area contributed by atoms with E-state index in [0.29, 0.717) is 13.1 Å². The normalized spacial score (nSPS) is 23.2. The van der Waals surface area contributed by atoms with Crippen molar-refractivity contribution in [2.75, 3.05) is 20.1 Å². The highest BCUT2D eigenvalue weighted by Gasteiger charge is 2.39. The van der Waals surface area contributed by atoms with Gasteiger partial charge in [-0.1, -0.05) is 0 Å². The van der Waals surface area contributed by atoms with Gasteiger partial charge in [0.05, 0.1) is 18.3 Å². The Hall–Kier alpha value is -1.43. The molecule has 2 atom stereocenters. The first-order valence-corrected chi connectivity index (χ1v) is 5.32. The first-order chi connectivity index (χ1) is 7.52. The lowest BCUT2D eigenvalue weighted by Crippen LogP contribution is -2.45. The van der Waals surface area contributed by atoms with Crippen LogP contribution in [0, 0.1) is 0 Å². The Labute approximate surface area is 95.3 Å². The average molecular weight is 229 g/mol. The molecular formula is C10H19N3O3. The van der Waals surface area contributed by atoms with Crippen molar-refractivity contribution in [1.29, 1.82) is 0 Å². The fraction of sp³-hybridized carbons (Fsp3) is 0.700. The van der Waals surface area contributed by atoms with Gasteiger partial charge in [-0.05, 0) is 13.8 Å². The van der Waals surface area contributed by atoms with E-state index in [1.165, 1.54) is 6.20 Å². The molecule has 1 unspecified atom stereocenters. The summed E-state index contributed by atoms with van der Waals surface area (Å²) in [7, 11) is 1.78. The van der Waals surface area contributed by atoms with Gasteiger partial charge < -0.3 is 14.9 Å². The van der Waals surface area contributed by atoms with Crippen LogP contribution in [0.15, 0.2) is 12.5 Å². The van der Waals surface area contributed by atoms with E-state index in [4.69, 9.17) is 5.11 Å². The number of carbonyl (C=O) groups is 1. The van der Waals surface area contributed by atoms with E-state index in [2.05, 4.69) is 0 Å². The molecule has 0 saturated carbocycles. The predicted octanol–water partition coefficient (Wildman–Crippen LogP) is 0.851. The summed E-state index contributed by atoms with van der Waals surface area (Å²) in [6.07, 6.45) is 2.43. The molecule has 2 amide bonds. The lowest BCUT2D eigenvalue weighted by Gasteiger charge is -2.29. The summed E-state index contributed by atoms with van der Waals surface area (Å²) in [5.41, 5.74) is 0. The quantitative estimate of drug-likeness (QED) is 0.554. The van der Waals surface area contributed by atoms with E-state index in [1.807, 2.05) is 13.8 Å². The van der Waals surface area contributed by atoms with Crippen LogP contribution in [-0.2, 0) is 0 Å². The van der Waals surface area contributed by atoms with E-state index in [9.17, 15) is 10.0 Å². The third-order valence-electron chi connectivity index (χ3n) is 3.07. The number of urea groups is 1. The molecule has 6 heteroatoms. The van der Waals surface area contributed by atoms with Gasteiger partial charge in [-0.15, -0.1) is 0 Å². The topological polar surface area (TPSA) is 67.2 Å². The molecule has 1 aliphatic rings. The minimum absolute atomic E-state index is 0.0751. The number of amides is 2. The molecule has 0 aromatic heterocycles. The predicted molar refractivity (Wildman–Crippen MR) is 59.1 cm³/mol. The first-order valence-electron chi connectivity index (χ1n) is 5.32. The second-order valence-corrected chi connectivity index (χ2v) is 3.94. The summed E-state index contributed by atoms with van der Waals surface area (Å²) in [4.78, 5) is 14.9. The summed E-state index contributed by atoms with van der Waals surface area (Å²) in [5.74, 6) is 0. The van der Waals surface area contributed by atoms with Crippen LogP contribution in [0.1, 0.15) is 13.8 Å². The zero-order valence-corrected chi connectivity index (χ0v) is 9.87. The number of hydrogen-bond donors (Lipinski definition) is 2. The summed E-state index contributed by atoms with van der Waals surface area (Å²) in [5, 5.41) is 19.1. The van der Waals surface area contributed by atoms with Crippen molar-refractivity contribution in [3.8, 4) is 0 Å². The minimum Gasteiger partial charge on any atom is -0.514 e. The maximum atomic E-state index is 11.5. The van der Waals surface area contributed by atoms with Crippen molar-refractivity contribution in [1.82, 2.24) is 14.9 Å². The molecule has 0 spiro atoms. The van der Waals surface area contributed by atoms with Gasteiger partial charge in [-0.25, -0.2) is 4.79 Å². The fourth-order valence-corrected chi connectivity index (χ4v) is 1.80. The molecular weight excluding hydrogens is 210 g/mol. The van der Waals surface area contributed by atoms with Gasteiger partial charge in [-0.2, -0.15) is 5.06 Å². The van der Waals surface area contributed by atoms with Crippen molar-refractivity contribution in [3.05, 3.63) is 12.5 Å². The Balaban J connectivity index is 2.71. The van der Waals surface area contributed by atoms with Crippen LogP contribution in [0.5, 0.6) is 0 Å². The zero-order valence-electron chi connectivity index (χ0n) is 9.87. The molecule has 0 radical (unpaired) electrons. The highest BCUT2D eigenvalue weighted by molar-refractivity contribution is 5.75. The van der Waals surface area contributed by atoms with Crippen LogP contribution < -0.4 is 0 Å². The summed E-state index contributed by atoms with van der Waals surface area (Å²) in [6.45, 7) is 4.84. The van der Waals surface area contributed by atoms with Crippen LogP contribution in [0.3, 0.4) is 0 Å². The Morgan fingerprint density at radius 3 is 2.75 bits per heavy atom. The average Bonchev–Trinajstić information content (AvgIpc) is 2.55. The van der Waals surface area contributed by atoms with Crippen LogP contribution in [0.4, 0.5) is 4.79 Å². The smallest absolute Gasteiger partial charge is 0.344 e. The molecule has 6 nitrogen and oxygen atoms in total. The maximum Gasteiger partial charge on any atom is 0.344 e. The van der Waals surface area contributed by atoms with Gasteiger partial charge in [0.2, 0.25) is 0 Å². The molecule has 1 aliphatic heterocycles. The zero-order chi connectivity index (χ0) is 12.3. The molecule has 92 valence electrons. The van der Waals surface area contributed by atoms with Crippen molar-refractivity contribution in [3.63, 3.8) is 0 Å². The second kappa shape index (κ2) is 5.07. The van der Waals surface area contributed by atoms with E-state index >= 15 is 0 Å². The Morgan fingerprint density at radius 2 is 2.31 bits per heavy atom. The number of aliphatic hydroxyl groups is 1. The van der Waals surface area contributed by atoms with Gasteiger partial charge in [0.25, 0.3) is 0 Å². The van der Waals surface area contributed by atoms with Crippen molar-refractivity contribution < 1.29 is 15.1 Å². The van der Waals surface area contributed by atoms with Crippen LogP contribution in [-0.4, -0.2) is 63.4 Å². The highest BCUT2D eigenvalue weighted by Crippen LogP contribution is 2.18. The lowest BCUT2D eigenvalue weighted by molar-refractivity contribution is -0.0731. The maximum absolute atomic E-state index is 11.5. The van der Waals surface area contributed by atoms with Gasteiger partial charge in [0, 0.05) is 26.3 Å². The summed E-state index contributed by atoms with van der Waals surface area (Å²) < 4.78 is 0. The molecule has 2 N–H and O–H groups in total. The Bertz CT molecular complexity index is 282. The molecule has 1 heterocycles. The van der Waals surface area contributed by atoms with Crippen LogP contribution >= 0.6 is 0 Å². The lowest BCUT2D eigenvalue weighted by atomic mass is 10.1. The number of rotatable bonds is 4. The van der Waals surface area contributed by atoms with Crippen molar-refractivity contribution >= 4 is 6.03 Å². The van der Waals surface area contributed by atoms with Crippen LogP contribution in [0.2, 0.25) is 0 Å². The molecule has 1 fully saturated rings. The van der Waals surface area contributed by atoms with Gasteiger partial charge in [-0.3, -0.25) is 5.21 Å². The fourth-order valence-electron chi connectivity index (χ4n) is 1.80. The largest absolute Gasteiger partial charge is 0.514 e. The van der Waals surface area contributed by atoms with Gasteiger partial charge in [0.1, 0.15) is 0 Å². The van der Waals surface area contributed by atoms with Gasteiger partial charge in [0.15, 0.2) is 0 Å². The molecule has 0 bridgehead atoms. The molecule has 0 aromatic carbocycles. The molecule has 16 heavy (non-hydrogen) atoms. The van der Waals surface area contributed by atoms with E-state index in [1.54, 1.807) is 16.8 Å². The standard InChI is InChI=1S/C10H19N3O3/c1-4-12-7-9(13(16)10(12)15)8(2)11(3)5-6-14/h5-6,8-9,14,16H,4,7H2,1-3H3/b6-5-/t8?,9-/m1/s1. The van der Waals surface area contributed by atoms with E-state index in [0.717, 1.165) is 11.3 Å². The monoisotopic (exact) mass is 229 g/mol. The Morgan fingerprint density at radius 1 is 1.69 bits per heavy atom. The summed E-state index contributed by atoms with van der Waals surface area (Å²) in [6, 6.07) is -0.719. The summed E-state index contributed by atoms with van der Waals surface area (Å²) >= 11 is 0. The number of likely N-dealkylation sites (N-methyl/N-ethyl adjacent to an activating group) is 2. The number of hydroxylamine groups is 2. The number of aliphatic hydroxyl groups excluding tert-OH is 1. The highest BCUT2D eigenvalue weighted by atomic mass is 16.5. The van der Waals surface area contributed by atoms with Crippen LogP contribution in [0.25, 0.3) is 0 Å². The molecule has 0 aromatic rings. The van der Waals surface area contributed by atoms with E-state index < -0.39 is 0 Å². The van der Waals surface area contributed by atoms with Gasteiger partial charge >= 0.3 is 6.03 Å². The SMILES string of the molecule is CCN1C[C@H](C(C)N(C)/C=C\O)N(O)C1=O.